The van der Waals surface area contributed by atoms with Gasteiger partial charge in [0, 0.05) is 0 Å². The molecule has 4 rings (SSSR count). The van der Waals surface area contributed by atoms with E-state index in [1.165, 1.54) is 28.7 Å². The second-order valence-electron chi connectivity index (χ2n) is 8.98. The van der Waals surface area contributed by atoms with Crippen LogP contribution < -0.4 is 24.8 Å². The number of halogens is 2. The van der Waals surface area contributed by atoms with E-state index in [0.717, 1.165) is 0 Å². The molecule has 4 heteroatoms. The predicted octanol–water partition coefficient (Wildman–Crippen LogP) is 0.380. The first kappa shape index (κ1) is 23.9. The van der Waals surface area contributed by atoms with Gasteiger partial charge in [0.25, 0.3) is 0 Å². The number of benzene rings is 2. The summed E-state index contributed by atoms with van der Waals surface area (Å²) in [6, 6.07) is 18.2. The van der Waals surface area contributed by atoms with Crippen molar-refractivity contribution in [2.24, 2.45) is 5.41 Å². The summed E-state index contributed by atoms with van der Waals surface area (Å²) < 4.78 is 1.69. The van der Waals surface area contributed by atoms with E-state index < -0.39 is 8.80 Å². The van der Waals surface area contributed by atoms with Gasteiger partial charge in [-0.25, -0.2) is 0 Å². The van der Waals surface area contributed by atoms with Crippen molar-refractivity contribution in [2.45, 2.75) is 46.2 Å². The van der Waals surface area contributed by atoms with E-state index in [2.05, 4.69) is 82.4 Å². The van der Waals surface area contributed by atoms with Crippen molar-refractivity contribution in [3.05, 3.63) is 79.3 Å². The molecule has 145 valence electrons. The Morgan fingerprint density at radius 2 is 1.32 bits per heavy atom. The van der Waals surface area contributed by atoms with E-state index in [0.29, 0.717) is 5.92 Å². The molecule has 0 spiro atoms. The average Bonchev–Trinajstić information content (AvgIpc) is 3.10. The maximum atomic E-state index is 2.50. The number of rotatable bonds is 2. The average molecular weight is 506 g/mol. The summed E-state index contributed by atoms with van der Waals surface area (Å²) in [5, 5.41) is 1.81. The van der Waals surface area contributed by atoms with Crippen molar-refractivity contribution in [1.82, 2.24) is 0 Å². The van der Waals surface area contributed by atoms with Gasteiger partial charge in [0.15, 0.2) is 0 Å². The van der Waals surface area contributed by atoms with Crippen molar-refractivity contribution in [3.8, 4) is 11.1 Å². The molecule has 0 saturated carbocycles. The van der Waals surface area contributed by atoms with Gasteiger partial charge < -0.3 is 24.8 Å². The summed E-state index contributed by atoms with van der Waals surface area (Å²) in [5.41, 5.74) is 9.48. The fourth-order valence-corrected chi connectivity index (χ4v) is 8.27. The van der Waals surface area contributed by atoms with Gasteiger partial charge in [0.05, 0.1) is 0 Å². The first-order chi connectivity index (χ1) is 12.3. The van der Waals surface area contributed by atoms with Crippen LogP contribution in [0.4, 0.5) is 0 Å². The molecule has 0 unspecified atom stereocenters. The summed E-state index contributed by atoms with van der Waals surface area (Å²) in [5.74, 6) is 0.427. The SMILES string of the molecule is C[SiH](C)C1=C(C(C)(C)C)C(C2c3ccccc3-c3ccccc32)=[C]([Zr+2])C1.[Cl-].[Cl-]. The minimum absolute atomic E-state index is 0. The fourth-order valence-electron chi connectivity index (χ4n) is 4.86. The second-order valence-corrected chi connectivity index (χ2v) is 13.5. The van der Waals surface area contributed by atoms with E-state index >= 15 is 0 Å². The molecule has 0 saturated heterocycles. The second kappa shape index (κ2) is 8.76. The monoisotopic (exact) mass is 503 g/mol. The zero-order valence-electron chi connectivity index (χ0n) is 17.2. The fraction of sp³-hybridized carbons (Fsp3) is 0.333. The van der Waals surface area contributed by atoms with E-state index in [4.69, 9.17) is 0 Å². The third-order valence-corrected chi connectivity index (χ3v) is 8.84. The quantitative estimate of drug-likeness (QED) is 0.518. The van der Waals surface area contributed by atoms with Gasteiger partial charge in [-0.3, -0.25) is 0 Å². The first-order valence-corrected chi connectivity index (χ1v) is 13.8. The molecule has 2 aromatic carbocycles. The smallest absolute Gasteiger partial charge is 1.00 e. The zero-order valence-corrected chi connectivity index (χ0v) is 22.4. The molecule has 0 nitrogen and oxygen atoms in total. The Balaban J connectivity index is 0.00000140. The van der Waals surface area contributed by atoms with Crippen LogP contribution in [0, 0.1) is 5.41 Å². The Labute approximate surface area is 199 Å². The van der Waals surface area contributed by atoms with Crippen molar-refractivity contribution >= 4 is 8.80 Å². The largest absolute Gasteiger partial charge is 1.00 e. The molecule has 0 fully saturated rings. The third-order valence-electron chi connectivity index (χ3n) is 5.85. The zero-order chi connectivity index (χ0) is 18.6. The molecule has 2 aliphatic carbocycles. The van der Waals surface area contributed by atoms with Gasteiger partial charge in [0.1, 0.15) is 0 Å². The molecule has 0 amide bonds. The summed E-state index contributed by atoms with van der Waals surface area (Å²) in [6.07, 6.45) is 1.24. The molecule has 2 aliphatic rings. The maximum Gasteiger partial charge on any atom is -1.00 e. The Kier molecular flexibility index (Phi) is 7.47. The standard InChI is InChI=1S/C24H27Si.2ClH.Zr/c1-24(2,3)23-20(14-15-21(23)25(4)5)22-18-12-8-6-10-16(18)17-11-7-9-13-19(17)22;;;/h6-13,22,25H,15H2,1-5H3;2*1H;/q;;;+2/p-2. The van der Waals surface area contributed by atoms with E-state index in [1.807, 2.05) is 0 Å². The molecule has 0 heterocycles. The van der Waals surface area contributed by atoms with Crippen molar-refractivity contribution in [3.63, 3.8) is 0 Å². The van der Waals surface area contributed by atoms with Crippen LogP contribution in [0.3, 0.4) is 0 Å². The first-order valence-electron chi connectivity index (χ1n) is 9.67. The molecule has 0 aromatic heterocycles. The molecule has 0 N–H and O–H groups in total. The van der Waals surface area contributed by atoms with Crippen LogP contribution in [-0.2, 0) is 24.7 Å². The van der Waals surface area contributed by atoms with Crippen LogP contribution >= 0.6 is 0 Å². The van der Waals surface area contributed by atoms with Gasteiger partial charge in [-0.1, -0.05) is 0 Å². The van der Waals surface area contributed by atoms with Gasteiger partial charge in [-0.15, -0.1) is 0 Å². The Morgan fingerprint density at radius 1 is 0.857 bits per heavy atom. The van der Waals surface area contributed by atoms with Crippen LogP contribution in [0.5, 0.6) is 0 Å². The van der Waals surface area contributed by atoms with Crippen molar-refractivity contribution in [1.29, 1.82) is 0 Å². The minimum Gasteiger partial charge on any atom is -1.00 e. The van der Waals surface area contributed by atoms with Crippen LogP contribution in [-0.4, -0.2) is 8.80 Å². The topological polar surface area (TPSA) is 0 Å². The van der Waals surface area contributed by atoms with Crippen LogP contribution in [0.2, 0.25) is 13.1 Å². The molecule has 2 aromatic rings. The number of allylic oxidation sites excluding steroid dienone is 4. The van der Waals surface area contributed by atoms with E-state index in [9.17, 15) is 0 Å². The molecule has 0 aliphatic heterocycles. The van der Waals surface area contributed by atoms with Crippen LogP contribution in [0.15, 0.2) is 68.2 Å². The Morgan fingerprint density at radius 3 is 1.75 bits per heavy atom. The van der Waals surface area contributed by atoms with Crippen LogP contribution in [0.25, 0.3) is 11.1 Å². The summed E-state index contributed by atoms with van der Waals surface area (Å²) in [7, 11) is -0.821. The maximum absolute atomic E-state index is 2.50. The van der Waals surface area contributed by atoms with Gasteiger partial charge >= 0.3 is 176 Å². The Bertz CT molecular complexity index is 906. The van der Waals surface area contributed by atoms with Gasteiger partial charge in [-0.05, 0) is 0 Å². The number of fused-ring (bicyclic) bond motifs is 3. The van der Waals surface area contributed by atoms with E-state index in [-0.39, 0.29) is 30.2 Å². The van der Waals surface area contributed by atoms with Crippen molar-refractivity contribution < 1.29 is 49.5 Å². The molecule has 0 bridgehead atoms. The molecule has 0 radical (unpaired) electrons. The van der Waals surface area contributed by atoms with E-state index in [1.54, 1.807) is 44.3 Å². The summed E-state index contributed by atoms with van der Waals surface area (Å²) >= 11 is 1.60. The van der Waals surface area contributed by atoms with Crippen molar-refractivity contribution in [2.75, 3.05) is 0 Å². The molecular formula is C24H27Cl2SiZr. The predicted molar refractivity (Wildman–Crippen MR) is 111 cm³/mol. The van der Waals surface area contributed by atoms with Gasteiger partial charge in [0.2, 0.25) is 0 Å². The Hall–Kier alpha value is -0.400. The molecular weight excluding hydrogens is 478 g/mol. The normalized spacial score (nSPS) is 16.1. The molecule has 0 atom stereocenters. The molecule has 28 heavy (non-hydrogen) atoms. The van der Waals surface area contributed by atoms with Gasteiger partial charge in [-0.2, -0.15) is 0 Å². The van der Waals surface area contributed by atoms with Crippen LogP contribution in [0.1, 0.15) is 44.2 Å². The minimum atomic E-state index is -0.821. The number of hydrogen-bond donors (Lipinski definition) is 0. The summed E-state index contributed by atoms with van der Waals surface area (Å²) in [4.78, 5) is 0. The number of hydrogen-bond acceptors (Lipinski definition) is 0. The summed E-state index contributed by atoms with van der Waals surface area (Å²) in [6.45, 7) is 12.3. The third kappa shape index (κ3) is 3.83.